The Kier molecular flexibility index (Phi) is 5.91. The van der Waals surface area contributed by atoms with Gasteiger partial charge in [0.05, 0.1) is 16.8 Å². The van der Waals surface area contributed by atoms with E-state index in [1.165, 1.54) is 6.20 Å². The predicted molar refractivity (Wildman–Crippen MR) is 120 cm³/mol. The van der Waals surface area contributed by atoms with Crippen LogP contribution in [0, 0.1) is 0 Å². The summed E-state index contributed by atoms with van der Waals surface area (Å²) in [5.74, 6) is 0.340. The van der Waals surface area contributed by atoms with Crippen LogP contribution in [-0.2, 0) is 6.61 Å². The van der Waals surface area contributed by atoms with Gasteiger partial charge < -0.3 is 10.1 Å². The molecule has 0 aliphatic rings. The van der Waals surface area contributed by atoms with Crippen LogP contribution in [0.4, 0.5) is 5.69 Å². The number of anilines is 1. The van der Waals surface area contributed by atoms with E-state index in [1.54, 1.807) is 18.3 Å². The molecule has 0 saturated carbocycles. The number of benzene rings is 2. The number of pyridine rings is 2. The first-order chi connectivity index (χ1) is 14.7. The van der Waals surface area contributed by atoms with E-state index in [2.05, 4.69) is 20.6 Å². The summed E-state index contributed by atoms with van der Waals surface area (Å²) in [6.45, 7) is 0.344. The number of carbonyl (C=O) groups excluding carboxylic acids is 1. The van der Waals surface area contributed by atoms with Crippen LogP contribution in [0.1, 0.15) is 16.1 Å². The SMILES string of the molecule is O=C(NC(=S)Nc1cccc(OCc2ccc3ccccc3n2)c1)c1cccnc1. The highest BCUT2D eigenvalue weighted by molar-refractivity contribution is 7.80. The number of hydrogen-bond acceptors (Lipinski definition) is 5. The van der Waals surface area contributed by atoms with Gasteiger partial charge in [0.15, 0.2) is 5.11 Å². The third kappa shape index (κ3) is 4.95. The fourth-order valence-electron chi connectivity index (χ4n) is 2.84. The molecule has 0 aliphatic heterocycles. The van der Waals surface area contributed by atoms with E-state index in [0.29, 0.717) is 23.6 Å². The molecule has 1 amide bonds. The molecule has 2 aromatic carbocycles. The number of para-hydroxylation sites is 1. The first kappa shape index (κ1) is 19.5. The summed E-state index contributed by atoms with van der Waals surface area (Å²) in [4.78, 5) is 20.7. The molecule has 0 atom stereocenters. The number of amides is 1. The van der Waals surface area contributed by atoms with Gasteiger partial charge in [-0.1, -0.05) is 30.3 Å². The van der Waals surface area contributed by atoms with Crippen LogP contribution in [-0.4, -0.2) is 21.0 Å². The summed E-state index contributed by atoms with van der Waals surface area (Å²) in [6, 6.07) is 22.6. The lowest BCUT2D eigenvalue weighted by atomic mass is 10.2. The molecule has 0 bridgehead atoms. The second-order valence-electron chi connectivity index (χ2n) is 6.46. The second kappa shape index (κ2) is 9.11. The van der Waals surface area contributed by atoms with Gasteiger partial charge in [-0.2, -0.15) is 0 Å². The Morgan fingerprint density at radius 3 is 2.77 bits per heavy atom. The molecule has 0 saturated heterocycles. The van der Waals surface area contributed by atoms with E-state index >= 15 is 0 Å². The van der Waals surface area contributed by atoms with Crippen LogP contribution in [0.2, 0.25) is 0 Å². The van der Waals surface area contributed by atoms with Gasteiger partial charge in [-0.15, -0.1) is 0 Å². The summed E-state index contributed by atoms with van der Waals surface area (Å²) < 4.78 is 5.87. The van der Waals surface area contributed by atoms with Gasteiger partial charge in [0.1, 0.15) is 12.4 Å². The number of aromatic nitrogens is 2. The summed E-state index contributed by atoms with van der Waals surface area (Å²) in [5.41, 5.74) is 2.91. The van der Waals surface area contributed by atoms with Crippen molar-refractivity contribution in [3.05, 3.63) is 96.4 Å². The summed E-state index contributed by atoms with van der Waals surface area (Å²) in [7, 11) is 0. The Morgan fingerprint density at radius 1 is 1.00 bits per heavy atom. The van der Waals surface area contributed by atoms with Gasteiger partial charge in [0.2, 0.25) is 0 Å². The molecule has 4 aromatic rings. The topological polar surface area (TPSA) is 76.1 Å². The summed E-state index contributed by atoms with van der Waals surface area (Å²) in [5, 5.41) is 6.90. The van der Waals surface area contributed by atoms with Gasteiger partial charge in [-0.3, -0.25) is 15.1 Å². The number of nitrogens with one attached hydrogen (secondary N) is 2. The molecule has 0 radical (unpaired) electrons. The van der Waals surface area contributed by atoms with Gasteiger partial charge >= 0.3 is 0 Å². The number of fused-ring (bicyclic) bond motifs is 1. The first-order valence-corrected chi connectivity index (χ1v) is 9.68. The molecule has 148 valence electrons. The molecule has 0 fully saturated rings. The molecule has 7 heteroatoms. The highest BCUT2D eigenvalue weighted by Crippen LogP contribution is 2.19. The lowest BCUT2D eigenvalue weighted by molar-refractivity contribution is 0.0977. The quantitative estimate of drug-likeness (QED) is 0.473. The van der Waals surface area contributed by atoms with Crippen LogP contribution in [0.3, 0.4) is 0 Å². The van der Waals surface area contributed by atoms with Crippen molar-refractivity contribution in [1.82, 2.24) is 15.3 Å². The number of carbonyl (C=O) groups is 1. The zero-order chi connectivity index (χ0) is 20.8. The minimum absolute atomic E-state index is 0.192. The Balaban J connectivity index is 1.36. The van der Waals surface area contributed by atoms with E-state index in [-0.39, 0.29) is 11.0 Å². The van der Waals surface area contributed by atoms with Crippen molar-refractivity contribution in [2.24, 2.45) is 0 Å². The Morgan fingerprint density at radius 2 is 1.90 bits per heavy atom. The Hall–Kier alpha value is -3.84. The molecule has 2 N–H and O–H groups in total. The van der Waals surface area contributed by atoms with E-state index in [4.69, 9.17) is 17.0 Å². The number of hydrogen-bond donors (Lipinski definition) is 2. The maximum atomic E-state index is 12.2. The average molecular weight is 414 g/mol. The van der Waals surface area contributed by atoms with Gasteiger partial charge in [-0.05, 0) is 48.6 Å². The van der Waals surface area contributed by atoms with E-state index in [1.807, 2.05) is 60.7 Å². The van der Waals surface area contributed by atoms with Gasteiger partial charge in [-0.25, -0.2) is 4.98 Å². The lowest BCUT2D eigenvalue weighted by Crippen LogP contribution is -2.34. The largest absolute Gasteiger partial charge is 0.487 e. The predicted octanol–water partition coefficient (Wildman–Crippen LogP) is 4.34. The third-order valence-corrected chi connectivity index (χ3v) is 4.49. The van der Waals surface area contributed by atoms with Crippen molar-refractivity contribution in [2.45, 2.75) is 6.61 Å². The molecule has 0 aliphatic carbocycles. The molecular weight excluding hydrogens is 396 g/mol. The van der Waals surface area contributed by atoms with Crippen molar-refractivity contribution in [2.75, 3.05) is 5.32 Å². The van der Waals surface area contributed by atoms with Crippen LogP contribution < -0.4 is 15.4 Å². The fraction of sp³-hybridized carbons (Fsp3) is 0.0435. The second-order valence-corrected chi connectivity index (χ2v) is 6.87. The van der Waals surface area contributed by atoms with Crippen LogP contribution in [0.5, 0.6) is 5.75 Å². The molecule has 0 unspecified atom stereocenters. The normalized spacial score (nSPS) is 10.4. The van der Waals surface area contributed by atoms with Crippen molar-refractivity contribution in [1.29, 1.82) is 0 Å². The first-order valence-electron chi connectivity index (χ1n) is 9.27. The summed E-state index contributed by atoms with van der Waals surface area (Å²) >= 11 is 5.23. The van der Waals surface area contributed by atoms with Gasteiger partial charge in [0.25, 0.3) is 5.91 Å². The highest BCUT2D eigenvalue weighted by Gasteiger charge is 2.08. The zero-order valence-corrected chi connectivity index (χ0v) is 16.7. The monoisotopic (exact) mass is 414 g/mol. The Bertz CT molecular complexity index is 1200. The van der Waals surface area contributed by atoms with Crippen LogP contribution in [0.25, 0.3) is 10.9 Å². The molecule has 0 spiro atoms. The summed E-state index contributed by atoms with van der Waals surface area (Å²) in [6.07, 6.45) is 3.08. The van der Waals surface area contributed by atoms with E-state index < -0.39 is 0 Å². The molecule has 2 heterocycles. The van der Waals surface area contributed by atoms with E-state index in [9.17, 15) is 4.79 Å². The van der Waals surface area contributed by atoms with Crippen LogP contribution in [0.15, 0.2) is 85.2 Å². The molecule has 6 nitrogen and oxygen atoms in total. The van der Waals surface area contributed by atoms with Crippen molar-refractivity contribution in [3.63, 3.8) is 0 Å². The minimum Gasteiger partial charge on any atom is -0.487 e. The fourth-order valence-corrected chi connectivity index (χ4v) is 3.05. The average Bonchev–Trinajstić information content (AvgIpc) is 2.78. The number of thiocarbonyl (C=S) groups is 1. The number of rotatable bonds is 5. The van der Waals surface area contributed by atoms with Crippen LogP contribution >= 0.6 is 12.2 Å². The van der Waals surface area contributed by atoms with Crippen molar-refractivity contribution in [3.8, 4) is 5.75 Å². The van der Waals surface area contributed by atoms with Crippen molar-refractivity contribution < 1.29 is 9.53 Å². The molecule has 4 rings (SSSR count). The van der Waals surface area contributed by atoms with Crippen molar-refractivity contribution >= 4 is 39.8 Å². The minimum atomic E-state index is -0.324. The molecular formula is C23H18N4O2S. The lowest BCUT2D eigenvalue weighted by Gasteiger charge is -2.11. The third-order valence-electron chi connectivity index (χ3n) is 4.29. The highest BCUT2D eigenvalue weighted by atomic mass is 32.1. The van der Waals surface area contributed by atoms with Gasteiger partial charge in [0, 0.05) is 29.5 Å². The maximum Gasteiger partial charge on any atom is 0.258 e. The maximum absolute atomic E-state index is 12.2. The Labute approximate surface area is 178 Å². The molecule has 30 heavy (non-hydrogen) atoms. The molecule has 2 aromatic heterocycles. The number of ether oxygens (including phenoxy) is 1. The smallest absolute Gasteiger partial charge is 0.258 e. The number of nitrogens with zero attached hydrogens (tertiary/aromatic N) is 2. The zero-order valence-electron chi connectivity index (χ0n) is 15.9. The van der Waals surface area contributed by atoms with E-state index in [0.717, 1.165) is 16.6 Å². The standard InChI is InChI=1S/C23H18N4O2S/c28-22(17-6-4-12-24-14-17)27-23(30)26-18-7-3-8-20(13-18)29-15-19-11-10-16-5-1-2-9-21(16)25-19/h1-14H,15H2,(H2,26,27,28,30).